The highest BCUT2D eigenvalue weighted by Crippen LogP contribution is 2.48. The maximum absolute atomic E-state index is 13.4. The van der Waals surface area contributed by atoms with E-state index in [0.29, 0.717) is 27.3 Å². The molecule has 0 fully saturated rings. The number of aliphatic hydroxyl groups excluding tert-OH is 1. The van der Waals surface area contributed by atoms with E-state index in [1.165, 1.54) is 47.0 Å². The SMILES string of the molecule is O[C@@H](CN1c2cccc(-c3cccc(OC(F)(F)F)c3)c2SC[C@@H]1c1cccc(OCC(F)F)c1)C(F)(F)F. The highest BCUT2D eigenvalue weighted by Gasteiger charge is 2.42. The molecule has 0 saturated carbocycles. The fourth-order valence-corrected chi connectivity index (χ4v) is 5.54. The molecule has 1 N–H and O–H groups in total. The molecule has 0 aliphatic carbocycles. The number of ether oxygens (including phenoxy) is 2. The van der Waals surface area contributed by atoms with Crippen LogP contribution in [0.2, 0.25) is 0 Å². The Morgan fingerprint density at radius 3 is 2.31 bits per heavy atom. The van der Waals surface area contributed by atoms with Gasteiger partial charge in [-0.25, -0.2) is 8.78 Å². The fraction of sp³-hybridized carbons (Fsp3) is 0.308. The molecule has 4 nitrogen and oxygen atoms in total. The van der Waals surface area contributed by atoms with Crippen LogP contribution in [0, 0.1) is 0 Å². The van der Waals surface area contributed by atoms with Gasteiger partial charge in [-0.05, 0) is 47.0 Å². The summed E-state index contributed by atoms with van der Waals surface area (Å²) >= 11 is 1.27. The van der Waals surface area contributed by atoms with Crippen molar-refractivity contribution < 1.29 is 49.7 Å². The van der Waals surface area contributed by atoms with Gasteiger partial charge < -0.3 is 19.5 Å². The van der Waals surface area contributed by atoms with Gasteiger partial charge in [-0.3, -0.25) is 0 Å². The summed E-state index contributed by atoms with van der Waals surface area (Å²) in [5, 5.41) is 9.95. The molecule has 210 valence electrons. The first-order valence-corrected chi connectivity index (χ1v) is 12.4. The second kappa shape index (κ2) is 11.5. The number of aliphatic hydroxyl groups is 1. The van der Waals surface area contributed by atoms with Gasteiger partial charge in [0.25, 0.3) is 6.43 Å². The number of β-amino-alcohol motifs (C(OH)–C–C–N with tert-alkyl or cyclic N) is 1. The van der Waals surface area contributed by atoms with Gasteiger partial charge in [0.2, 0.25) is 0 Å². The zero-order valence-corrected chi connectivity index (χ0v) is 20.7. The van der Waals surface area contributed by atoms with Crippen LogP contribution in [0.4, 0.5) is 40.8 Å². The number of fused-ring (bicyclic) bond motifs is 1. The van der Waals surface area contributed by atoms with Gasteiger partial charge in [0.15, 0.2) is 6.10 Å². The molecule has 0 aromatic heterocycles. The van der Waals surface area contributed by atoms with Crippen molar-refractivity contribution in [3.63, 3.8) is 0 Å². The second-order valence-electron chi connectivity index (χ2n) is 8.54. The van der Waals surface area contributed by atoms with E-state index in [0.717, 1.165) is 6.07 Å². The van der Waals surface area contributed by atoms with Crippen molar-refractivity contribution in [1.82, 2.24) is 0 Å². The minimum absolute atomic E-state index is 0.107. The number of rotatable bonds is 8. The molecule has 0 radical (unpaired) electrons. The molecule has 0 unspecified atom stereocenters. The first-order valence-electron chi connectivity index (χ1n) is 11.5. The molecule has 3 aromatic carbocycles. The van der Waals surface area contributed by atoms with Crippen LogP contribution < -0.4 is 14.4 Å². The summed E-state index contributed by atoms with van der Waals surface area (Å²) in [5.41, 5.74) is 1.60. The maximum Gasteiger partial charge on any atom is 0.573 e. The summed E-state index contributed by atoms with van der Waals surface area (Å²) in [6.07, 6.45) is -15.3. The van der Waals surface area contributed by atoms with Crippen LogP contribution in [0.15, 0.2) is 71.6 Å². The van der Waals surface area contributed by atoms with Crippen molar-refractivity contribution in [3.05, 3.63) is 72.3 Å². The first kappa shape index (κ1) is 28.8. The third kappa shape index (κ3) is 7.27. The summed E-state index contributed by atoms with van der Waals surface area (Å²) in [6.45, 7) is -1.70. The first-order chi connectivity index (χ1) is 18.3. The molecular weight excluding hydrogens is 558 g/mol. The zero-order valence-electron chi connectivity index (χ0n) is 19.8. The van der Waals surface area contributed by atoms with E-state index in [-0.39, 0.29) is 11.5 Å². The molecule has 1 aliphatic rings. The van der Waals surface area contributed by atoms with Gasteiger partial charge in [-0.15, -0.1) is 24.9 Å². The molecule has 0 saturated heterocycles. The largest absolute Gasteiger partial charge is 0.573 e. The molecule has 0 spiro atoms. The number of halogens is 8. The minimum Gasteiger partial charge on any atom is -0.488 e. The number of hydrogen-bond acceptors (Lipinski definition) is 5. The van der Waals surface area contributed by atoms with E-state index in [2.05, 4.69) is 4.74 Å². The highest BCUT2D eigenvalue weighted by atomic mass is 32.2. The van der Waals surface area contributed by atoms with Crippen LogP contribution in [0.1, 0.15) is 11.6 Å². The van der Waals surface area contributed by atoms with Gasteiger partial charge in [0.05, 0.1) is 18.3 Å². The highest BCUT2D eigenvalue weighted by molar-refractivity contribution is 7.99. The number of benzene rings is 3. The van der Waals surface area contributed by atoms with Gasteiger partial charge in [0.1, 0.15) is 18.1 Å². The van der Waals surface area contributed by atoms with Crippen LogP contribution in [0.25, 0.3) is 11.1 Å². The topological polar surface area (TPSA) is 41.9 Å². The van der Waals surface area contributed by atoms with Crippen molar-refractivity contribution >= 4 is 17.4 Å². The van der Waals surface area contributed by atoms with Crippen molar-refractivity contribution in [2.45, 2.75) is 36.0 Å². The maximum atomic E-state index is 13.4. The van der Waals surface area contributed by atoms with E-state index < -0.39 is 50.0 Å². The molecule has 0 amide bonds. The van der Waals surface area contributed by atoms with E-state index in [4.69, 9.17) is 4.74 Å². The molecule has 4 rings (SSSR count). The molecule has 0 bridgehead atoms. The van der Waals surface area contributed by atoms with E-state index in [1.54, 1.807) is 30.3 Å². The fourth-order valence-electron chi connectivity index (χ4n) is 4.17. The molecule has 13 heteroatoms. The van der Waals surface area contributed by atoms with Crippen LogP contribution in [0.5, 0.6) is 11.5 Å². The quantitative estimate of drug-likeness (QED) is 0.281. The number of anilines is 1. The Hall–Kier alpha value is -3.19. The number of nitrogens with zero attached hydrogens (tertiary/aromatic N) is 1. The van der Waals surface area contributed by atoms with Crippen molar-refractivity contribution in [2.24, 2.45) is 0 Å². The Balaban J connectivity index is 1.74. The average molecular weight is 580 g/mol. The lowest BCUT2D eigenvalue weighted by molar-refractivity contribution is -0.274. The number of hydrogen-bond donors (Lipinski definition) is 1. The summed E-state index contributed by atoms with van der Waals surface area (Å²) in [7, 11) is 0. The monoisotopic (exact) mass is 579 g/mol. The summed E-state index contributed by atoms with van der Waals surface area (Å²) in [4.78, 5) is 1.85. The van der Waals surface area contributed by atoms with Crippen LogP contribution in [0.3, 0.4) is 0 Å². The summed E-state index contributed by atoms with van der Waals surface area (Å²) < 4.78 is 113. The molecule has 2 atom stereocenters. The van der Waals surface area contributed by atoms with Crippen LogP contribution >= 0.6 is 11.8 Å². The van der Waals surface area contributed by atoms with Gasteiger partial charge in [0, 0.05) is 10.6 Å². The Bertz CT molecular complexity index is 1280. The molecular formula is C26H21F8NO3S. The third-order valence-electron chi connectivity index (χ3n) is 5.81. The summed E-state index contributed by atoms with van der Waals surface area (Å²) in [6, 6.07) is 15.2. The molecule has 1 heterocycles. The second-order valence-corrected chi connectivity index (χ2v) is 9.57. The number of alkyl halides is 8. The van der Waals surface area contributed by atoms with Crippen LogP contribution in [-0.4, -0.2) is 49.1 Å². The Labute approximate surface area is 222 Å². The average Bonchev–Trinajstić information content (AvgIpc) is 2.86. The van der Waals surface area contributed by atoms with Gasteiger partial charge >= 0.3 is 12.5 Å². The Morgan fingerprint density at radius 2 is 1.62 bits per heavy atom. The van der Waals surface area contributed by atoms with Crippen molar-refractivity contribution in [1.29, 1.82) is 0 Å². The summed E-state index contributed by atoms with van der Waals surface area (Å²) in [5.74, 6) is -0.164. The van der Waals surface area contributed by atoms with Crippen molar-refractivity contribution in [3.8, 4) is 22.6 Å². The van der Waals surface area contributed by atoms with Crippen LogP contribution in [-0.2, 0) is 0 Å². The molecule has 1 aliphatic heterocycles. The molecule has 39 heavy (non-hydrogen) atoms. The predicted octanol–water partition coefficient (Wildman–Crippen LogP) is 7.47. The third-order valence-corrected chi connectivity index (χ3v) is 7.01. The minimum atomic E-state index is -4.92. The van der Waals surface area contributed by atoms with E-state index in [1.807, 2.05) is 0 Å². The normalized spacial score (nSPS) is 16.7. The standard InChI is InChI=1S/C26H21F8NO3S/c27-23(28)13-37-17-6-2-5-16(11-17)21-14-39-24-19(15-4-1-7-18(10-15)38-26(32,33)34)8-3-9-20(24)35(21)12-22(36)25(29,30)31/h1-11,21-23,36H,12-14H2/t21-,22+/m1/s1. The smallest absolute Gasteiger partial charge is 0.488 e. The van der Waals surface area contributed by atoms with Gasteiger partial charge in [-0.1, -0.05) is 36.4 Å². The number of thioether (sulfide) groups is 1. The van der Waals surface area contributed by atoms with E-state index in [9.17, 15) is 40.2 Å². The Morgan fingerprint density at radius 1 is 0.923 bits per heavy atom. The molecule has 3 aromatic rings. The predicted molar refractivity (Wildman–Crippen MR) is 129 cm³/mol. The van der Waals surface area contributed by atoms with Crippen molar-refractivity contribution in [2.75, 3.05) is 23.8 Å². The van der Waals surface area contributed by atoms with Gasteiger partial charge in [-0.2, -0.15) is 13.2 Å². The lowest BCUT2D eigenvalue weighted by Gasteiger charge is -2.41. The lowest BCUT2D eigenvalue weighted by Crippen LogP contribution is -2.44. The lowest BCUT2D eigenvalue weighted by atomic mass is 10.0. The van der Waals surface area contributed by atoms with E-state index >= 15 is 0 Å². The Kier molecular flexibility index (Phi) is 8.50. The zero-order chi connectivity index (χ0) is 28.4.